The molecule has 0 fully saturated rings. The number of nitrogens with one attached hydrogen (secondary N) is 1. The number of hydrogen-bond acceptors (Lipinski definition) is 3. The summed E-state index contributed by atoms with van der Waals surface area (Å²) in [4.78, 5) is 11.2. The van der Waals surface area contributed by atoms with E-state index in [1.165, 1.54) is 12.1 Å². The van der Waals surface area contributed by atoms with Gasteiger partial charge >= 0.3 is 5.97 Å². The van der Waals surface area contributed by atoms with E-state index in [1.807, 2.05) is 0 Å². The van der Waals surface area contributed by atoms with Crippen molar-refractivity contribution in [3.05, 3.63) is 29.6 Å². The standard InChI is InChI=1S/C14H20FNO3/c1-9-7-11(15)5-6-12(9)19-10(2)8-14(3,16-4)13(17)18/h5-7,10,16H,8H2,1-4H3,(H,17,18). The molecular formula is C14H20FNO3. The van der Waals surface area contributed by atoms with Gasteiger partial charge in [0.25, 0.3) is 0 Å². The molecule has 1 rings (SSSR count). The van der Waals surface area contributed by atoms with Crippen LogP contribution in [0.4, 0.5) is 4.39 Å². The van der Waals surface area contributed by atoms with Gasteiger partial charge in [0.15, 0.2) is 0 Å². The van der Waals surface area contributed by atoms with Crippen molar-refractivity contribution < 1.29 is 19.0 Å². The van der Waals surface area contributed by atoms with Crippen LogP contribution in [0.5, 0.6) is 5.75 Å². The van der Waals surface area contributed by atoms with Gasteiger partial charge in [-0.15, -0.1) is 0 Å². The van der Waals surface area contributed by atoms with Crippen molar-refractivity contribution in [2.24, 2.45) is 0 Å². The molecule has 19 heavy (non-hydrogen) atoms. The van der Waals surface area contributed by atoms with Crippen LogP contribution in [-0.4, -0.2) is 29.8 Å². The van der Waals surface area contributed by atoms with E-state index in [4.69, 9.17) is 4.74 Å². The van der Waals surface area contributed by atoms with E-state index in [2.05, 4.69) is 5.32 Å². The lowest BCUT2D eigenvalue weighted by Crippen LogP contribution is -2.50. The average Bonchev–Trinajstić information content (AvgIpc) is 2.32. The molecule has 0 spiro atoms. The smallest absolute Gasteiger partial charge is 0.323 e. The SMILES string of the molecule is CNC(C)(CC(C)Oc1ccc(F)cc1C)C(=O)O. The molecule has 0 radical (unpaired) electrons. The minimum absolute atomic E-state index is 0.301. The molecule has 1 aromatic rings. The Morgan fingerprint density at radius 1 is 1.58 bits per heavy atom. The van der Waals surface area contributed by atoms with Gasteiger partial charge in [-0.3, -0.25) is 4.79 Å². The summed E-state index contributed by atoms with van der Waals surface area (Å²) in [6, 6.07) is 4.26. The predicted molar refractivity (Wildman–Crippen MR) is 70.9 cm³/mol. The summed E-state index contributed by atoms with van der Waals surface area (Å²) >= 11 is 0. The summed E-state index contributed by atoms with van der Waals surface area (Å²) in [6.45, 7) is 5.15. The van der Waals surface area contributed by atoms with Crippen LogP contribution < -0.4 is 10.1 Å². The molecule has 2 unspecified atom stereocenters. The molecule has 5 heteroatoms. The molecule has 0 amide bonds. The first kappa shape index (κ1) is 15.4. The van der Waals surface area contributed by atoms with Crippen molar-refractivity contribution in [3.63, 3.8) is 0 Å². The molecule has 0 bridgehead atoms. The van der Waals surface area contributed by atoms with Gasteiger partial charge in [-0.25, -0.2) is 4.39 Å². The number of carbonyl (C=O) groups is 1. The molecule has 2 N–H and O–H groups in total. The van der Waals surface area contributed by atoms with Gasteiger partial charge in [-0.1, -0.05) is 0 Å². The molecule has 0 aromatic heterocycles. The zero-order valence-corrected chi connectivity index (χ0v) is 11.7. The lowest BCUT2D eigenvalue weighted by molar-refractivity contribution is -0.145. The maximum absolute atomic E-state index is 13.0. The Hall–Kier alpha value is -1.62. The minimum atomic E-state index is -1.05. The van der Waals surface area contributed by atoms with Gasteiger partial charge in [0.05, 0.1) is 6.10 Å². The number of aliphatic carboxylic acids is 1. The van der Waals surface area contributed by atoms with E-state index in [0.717, 1.165) is 0 Å². The van der Waals surface area contributed by atoms with Gasteiger partial charge in [0.2, 0.25) is 0 Å². The molecule has 0 aliphatic carbocycles. The zero-order chi connectivity index (χ0) is 14.6. The molecule has 4 nitrogen and oxygen atoms in total. The molecule has 1 aromatic carbocycles. The molecule has 0 saturated carbocycles. The second-order valence-corrected chi connectivity index (χ2v) is 4.93. The summed E-state index contributed by atoms with van der Waals surface area (Å²) in [5.41, 5.74) is -0.360. The third-order valence-electron chi connectivity index (χ3n) is 3.18. The molecule has 0 aliphatic rings. The van der Waals surface area contributed by atoms with E-state index in [-0.39, 0.29) is 11.9 Å². The Labute approximate surface area is 112 Å². The molecule has 0 saturated heterocycles. The number of benzene rings is 1. The molecule has 0 aliphatic heterocycles. The van der Waals surface area contributed by atoms with Gasteiger partial charge in [0, 0.05) is 6.42 Å². The highest BCUT2D eigenvalue weighted by Gasteiger charge is 2.33. The fraction of sp³-hybridized carbons (Fsp3) is 0.500. The number of hydrogen-bond donors (Lipinski definition) is 2. The maximum atomic E-state index is 13.0. The van der Waals surface area contributed by atoms with Crippen molar-refractivity contribution in [3.8, 4) is 5.75 Å². The monoisotopic (exact) mass is 269 g/mol. The minimum Gasteiger partial charge on any atom is -0.490 e. The summed E-state index contributed by atoms with van der Waals surface area (Å²) in [5.74, 6) is -0.679. The van der Waals surface area contributed by atoms with Crippen LogP contribution in [0.15, 0.2) is 18.2 Å². The quantitative estimate of drug-likeness (QED) is 0.832. The molecule has 0 heterocycles. The van der Waals surface area contributed by atoms with Crippen LogP contribution in [0.25, 0.3) is 0 Å². The highest BCUT2D eigenvalue weighted by molar-refractivity contribution is 5.78. The Morgan fingerprint density at radius 2 is 2.21 bits per heavy atom. The van der Waals surface area contributed by atoms with Crippen molar-refractivity contribution in [1.29, 1.82) is 0 Å². The van der Waals surface area contributed by atoms with Crippen LogP contribution in [0.2, 0.25) is 0 Å². The summed E-state index contributed by atoms with van der Waals surface area (Å²) in [5, 5.41) is 11.9. The maximum Gasteiger partial charge on any atom is 0.323 e. The summed E-state index contributed by atoms with van der Waals surface area (Å²) < 4.78 is 18.7. The number of carboxylic acid groups (broad SMARTS) is 1. The summed E-state index contributed by atoms with van der Waals surface area (Å²) in [6.07, 6.45) is -0.00643. The molecule has 106 valence electrons. The molecular weight excluding hydrogens is 249 g/mol. The predicted octanol–water partition coefficient (Wildman–Crippen LogP) is 2.35. The van der Waals surface area contributed by atoms with Gasteiger partial charge in [-0.2, -0.15) is 0 Å². The lowest BCUT2D eigenvalue weighted by atomic mass is 9.95. The number of ether oxygens (including phenoxy) is 1. The Morgan fingerprint density at radius 3 is 2.68 bits per heavy atom. The Bertz CT molecular complexity index is 464. The fourth-order valence-electron chi connectivity index (χ4n) is 1.87. The third kappa shape index (κ3) is 3.92. The number of carboxylic acids is 1. The van der Waals surface area contributed by atoms with Gasteiger partial charge in [0.1, 0.15) is 17.1 Å². The second kappa shape index (κ2) is 6.02. The first-order chi connectivity index (χ1) is 8.78. The van der Waals surface area contributed by atoms with E-state index >= 15 is 0 Å². The van der Waals surface area contributed by atoms with Crippen molar-refractivity contribution >= 4 is 5.97 Å². The fourth-order valence-corrected chi connectivity index (χ4v) is 1.87. The lowest BCUT2D eigenvalue weighted by Gasteiger charge is -2.28. The van der Waals surface area contributed by atoms with E-state index in [0.29, 0.717) is 17.7 Å². The van der Waals surface area contributed by atoms with E-state index in [1.54, 1.807) is 33.9 Å². The van der Waals surface area contributed by atoms with Crippen LogP contribution in [-0.2, 0) is 4.79 Å². The van der Waals surface area contributed by atoms with Crippen molar-refractivity contribution in [1.82, 2.24) is 5.32 Å². The first-order valence-corrected chi connectivity index (χ1v) is 6.13. The Balaban J connectivity index is 2.74. The zero-order valence-electron chi connectivity index (χ0n) is 11.7. The van der Waals surface area contributed by atoms with Gasteiger partial charge in [-0.05, 0) is 51.6 Å². The third-order valence-corrected chi connectivity index (χ3v) is 3.18. The van der Waals surface area contributed by atoms with Gasteiger partial charge < -0.3 is 15.2 Å². The first-order valence-electron chi connectivity index (χ1n) is 6.13. The largest absolute Gasteiger partial charge is 0.490 e. The van der Waals surface area contributed by atoms with Crippen LogP contribution in [0.1, 0.15) is 25.8 Å². The van der Waals surface area contributed by atoms with E-state index < -0.39 is 11.5 Å². The number of aryl methyl sites for hydroxylation is 1. The number of halogens is 1. The van der Waals surface area contributed by atoms with E-state index in [9.17, 15) is 14.3 Å². The molecule has 2 atom stereocenters. The highest BCUT2D eigenvalue weighted by Crippen LogP contribution is 2.22. The van der Waals surface area contributed by atoms with Crippen molar-refractivity contribution in [2.45, 2.75) is 38.8 Å². The highest BCUT2D eigenvalue weighted by atomic mass is 19.1. The van der Waals surface area contributed by atoms with Crippen LogP contribution in [0.3, 0.4) is 0 Å². The van der Waals surface area contributed by atoms with Crippen LogP contribution >= 0.6 is 0 Å². The summed E-state index contributed by atoms with van der Waals surface area (Å²) in [7, 11) is 1.60. The second-order valence-electron chi connectivity index (χ2n) is 4.93. The average molecular weight is 269 g/mol. The van der Waals surface area contributed by atoms with Crippen molar-refractivity contribution in [2.75, 3.05) is 7.05 Å². The Kier molecular flexibility index (Phi) is 4.89. The number of likely N-dealkylation sites (N-methyl/N-ethyl adjacent to an activating group) is 1. The van der Waals surface area contributed by atoms with Crippen LogP contribution in [0, 0.1) is 12.7 Å². The number of rotatable bonds is 6. The normalized spacial score (nSPS) is 15.6. The topological polar surface area (TPSA) is 58.6 Å².